The maximum Gasteiger partial charge on any atom is 0.102 e. The molecule has 0 N–H and O–H groups in total. The number of allylic oxidation sites excluding steroid dienone is 1. The zero-order valence-corrected chi connectivity index (χ0v) is 8.13. The molecule has 0 spiro atoms. The highest BCUT2D eigenvalue weighted by Gasteiger charge is 2.14. The topological polar surface area (TPSA) is 18.5 Å². The van der Waals surface area contributed by atoms with Gasteiger partial charge in [0.05, 0.1) is 19.5 Å². The summed E-state index contributed by atoms with van der Waals surface area (Å²) in [5.41, 5.74) is 1.51. The molecule has 0 atom stereocenters. The minimum absolute atomic E-state index is 0.418. The molecule has 1 saturated heterocycles. The summed E-state index contributed by atoms with van der Waals surface area (Å²) < 4.78 is 11.0. The Morgan fingerprint density at radius 1 is 1.15 bits per heavy atom. The van der Waals surface area contributed by atoms with E-state index in [1.807, 2.05) is 6.26 Å². The monoisotopic (exact) mass is 182 g/mol. The van der Waals surface area contributed by atoms with Gasteiger partial charge in [0.25, 0.3) is 0 Å². The number of rotatable bonds is 2. The van der Waals surface area contributed by atoms with Crippen LogP contribution in [0, 0.1) is 0 Å². The fourth-order valence-electron chi connectivity index (χ4n) is 1.95. The smallest absolute Gasteiger partial charge is 0.102 e. The van der Waals surface area contributed by atoms with Gasteiger partial charge in [-0.25, -0.2) is 0 Å². The van der Waals surface area contributed by atoms with Crippen molar-refractivity contribution in [1.82, 2.24) is 0 Å². The first-order valence-corrected chi connectivity index (χ1v) is 5.36. The molecule has 1 aliphatic heterocycles. The van der Waals surface area contributed by atoms with E-state index in [1.54, 1.807) is 0 Å². The van der Waals surface area contributed by atoms with Crippen LogP contribution in [0.25, 0.3) is 0 Å². The highest BCUT2D eigenvalue weighted by atomic mass is 16.5. The fraction of sp³-hybridized carbons (Fsp3) is 0.818. The van der Waals surface area contributed by atoms with Gasteiger partial charge < -0.3 is 9.47 Å². The summed E-state index contributed by atoms with van der Waals surface area (Å²) in [6.45, 7) is 1.74. The molecule has 2 aliphatic rings. The van der Waals surface area contributed by atoms with Gasteiger partial charge in [-0.2, -0.15) is 0 Å². The Balaban J connectivity index is 1.73. The van der Waals surface area contributed by atoms with Crippen LogP contribution in [-0.2, 0) is 9.47 Å². The zero-order chi connectivity index (χ0) is 8.93. The molecule has 1 heterocycles. The molecule has 2 rings (SSSR count). The van der Waals surface area contributed by atoms with E-state index < -0.39 is 0 Å². The summed E-state index contributed by atoms with van der Waals surface area (Å²) in [6, 6.07) is 0. The molecular formula is C11H18O2. The molecule has 0 unspecified atom stereocenters. The second kappa shape index (κ2) is 4.66. The van der Waals surface area contributed by atoms with Crippen molar-refractivity contribution < 1.29 is 9.47 Å². The summed E-state index contributed by atoms with van der Waals surface area (Å²) >= 11 is 0. The molecule has 0 amide bonds. The molecule has 74 valence electrons. The molecule has 2 fully saturated rings. The third-order valence-corrected chi connectivity index (χ3v) is 2.84. The van der Waals surface area contributed by atoms with E-state index in [1.165, 1.54) is 31.3 Å². The first-order valence-electron chi connectivity index (χ1n) is 5.36. The standard InChI is InChI=1S/C11H18O2/c1-2-4-10(3-1)9-13-11-5-7-12-8-6-11/h9,11H,1-8H2. The highest BCUT2D eigenvalue weighted by molar-refractivity contribution is 5.02. The molecule has 2 nitrogen and oxygen atoms in total. The van der Waals surface area contributed by atoms with Crippen molar-refractivity contribution in [2.24, 2.45) is 0 Å². The molecule has 0 aromatic heterocycles. The van der Waals surface area contributed by atoms with Crippen molar-refractivity contribution in [2.45, 2.75) is 44.6 Å². The summed E-state index contributed by atoms with van der Waals surface area (Å²) in [6.07, 6.45) is 9.76. The normalized spacial score (nSPS) is 24.8. The van der Waals surface area contributed by atoms with Gasteiger partial charge in [-0.05, 0) is 31.3 Å². The minimum atomic E-state index is 0.418. The zero-order valence-electron chi connectivity index (χ0n) is 8.13. The van der Waals surface area contributed by atoms with Gasteiger partial charge >= 0.3 is 0 Å². The average Bonchev–Trinajstić information content (AvgIpc) is 2.69. The Bertz CT molecular complexity index is 173. The molecule has 1 saturated carbocycles. The SMILES string of the molecule is C(OC1CCOCC1)=C1CCCC1. The predicted octanol–water partition coefficient (Wildman–Crippen LogP) is 2.64. The summed E-state index contributed by atoms with van der Waals surface area (Å²) in [4.78, 5) is 0. The van der Waals surface area contributed by atoms with Crippen LogP contribution in [-0.4, -0.2) is 19.3 Å². The van der Waals surface area contributed by atoms with Crippen LogP contribution in [0.5, 0.6) is 0 Å². The number of hydrogen-bond donors (Lipinski definition) is 0. The van der Waals surface area contributed by atoms with E-state index in [0.717, 1.165) is 26.1 Å². The second-order valence-electron chi connectivity index (χ2n) is 3.93. The van der Waals surface area contributed by atoms with E-state index in [-0.39, 0.29) is 0 Å². The lowest BCUT2D eigenvalue weighted by Gasteiger charge is -2.21. The Morgan fingerprint density at radius 2 is 1.85 bits per heavy atom. The van der Waals surface area contributed by atoms with Crippen LogP contribution in [0.4, 0.5) is 0 Å². The summed E-state index contributed by atoms with van der Waals surface area (Å²) in [5, 5.41) is 0. The molecule has 0 bridgehead atoms. The molecule has 13 heavy (non-hydrogen) atoms. The second-order valence-corrected chi connectivity index (χ2v) is 3.93. The van der Waals surface area contributed by atoms with Crippen LogP contribution in [0.2, 0.25) is 0 Å². The lowest BCUT2D eigenvalue weighted by Crippen LogP contribution is -2.21. The van der Waals surface area contributed by atoms with Gasteiger partial charge in [0.15, 0.2) is 0 Å². The Hall–Kier alpha value is -0.500. The maximum absolute atomic E-state index is 5.72. The quantitative estimate of drug-likeness (QED) is 0.611. The van der Waals surface area contributed by atoms with Crippen molar-refractivity contribution in [1.29, 1.82) is 0 Å². The average molecular weight is 182 g/mol. The lowest BCUT2D eigenvalue weighted by molar-refractivity contribution is 0.00530. The Kier molecular flexibility index (Phi) is 3.25. The van der Waals surface area contributed by atoms with Crippen LogP contribution < -0.4 is 0 Å². The first kappa shape index (κ1) is 9.07. The van der Waals surface area contributed by atoms with Gasteiger partial charge in [0.2, 0.25) is 0 Å². The van der Waals surface area contributed by atoms with Crippen molar-refractivity contribution in [3.8, 4) is 0 Å². The van der Waals surface area contributed by atoms with Gasteiger partial charge in [-0.3, -0.25) is 0 Å². The van der Waals surface area contributed by atoms with E-state index in [2.05, 4.69) is 0 Å². The van der Waals surface area contributed by atoms with Crippen molar-refractivity contribution in [3.05, 3.63) is 11.8 Å². The lowest BCUT2D eigenvalue weighted by atomic mass is 10.1. The van der Waals surface area contributed by atoms with Gasteiger partial charge in [-0.1, -0.05) is 0 Å². The molecule has 1 aliphatic carbocycles. The highest BCUT2D eigenvalue weighted by Crippen LogP contribution is 2.24. The number of ether oxygens (including phenoxy) is 2. The van der Waals surface area contributed by atoms with Crippen molar-refractivity contribution in [2.75, 3.05) is 13.2 Å². The minimum Gasteiger partial charge on any atom is -0.498 e. The van der Waals surface area contributed by atoms with Crippen LogP contribution in [0.3, 0.4) is 0 Å². The molecule has 0 aromatic rings. The van der Waals surface area contributed by atoms with Gasteiger partial charge in [0, 0.05) is 12.8 Å². The Morgan fingerprint density at radius 3 is 2.54 bits per heavy atom. The van der Waals surface area contributed by atoms with Crippen molar-refractivity contribution >= 4 is 0 Å². The molecule has 0 aromatic carbocycles. The van der Waals surface area contributed by atoms with E-state index in [9.17, 15) is 0 Å². The fourth-order valence-corrected chi connectivity index (χ4v) is 1.95. The van der Waals surface area contributed by atoms with E-state index in [4.69, 9.17) is 9.47 Å². The summed E-state index contributed by atoms with van der Waals surface area (Å²) in [7, 11) is 0. The first-order chi connectivity index (χ1) is 6.45. The van der Waals surface area contributed by atoms with Crippen molar-refractivity contribution in [3.63, 3.8) is 0 Å². The predicted molar refractivity (Wildman–Crippen MR) is 51.5 cm³/mol. The third kappa shape index (κ3) is 2.73. The Labute approximate surface area is 79.9 Å². The largest absolute Gasteiger partial charge is 0.498 e. The van der Waals surface area contributed by atoms with E-state index >= 15 is 0 Å². The molecule has 0 radical (unpaired) electrons. The van der Waals surface area contributed by atoms with E-state index in [0.29, 0.717) is 6.10 Å². The van der Waals surface area contributed by atoms with Crippen LogP contribution in [0.15, 0.2) is 11.8 Å². The molecule has 2 heteroatoms. The summed E-state index contributed by atoms with van der Waals surface area (Å²) in [5.74, 6) is 0. The van der Waals surface area contributed by atoms with Gasteiger partial charge in [0.1, 0.15) is 6.10 Å². The van der Waals surface area contributed by atoms with Gasteiger partial charge in [-0.15, -0.1) is 0 Å². The van der Waals surface area contributed by atoms with Crippen LogP contribution in [0.1, 0.15) is 38.5 Å². The third-order valence-electron chi connectivity index (χ3n) is 2.84. The molecular weight excluding hydrogens is 164 g/mol. The van der Waals surface area contributed by atoms with Crippen LogP contribution >= 0.6 is 0 Å². The maximum atomic E-state index is 5.72. The number of hydrogen-bond acceptors (Lipinski definition) is 2.